The number of halogens is 2. The molecular weight excluding hydrogens is 595 g/mol. The number of hydrogen-bond acceptors (Lipinski definition) is 7. The minimum absolute atomic E-state index is 0.00846. The van der Waals surface area contributed by atoms with E-state index in [1.807, 2.05) is 18.2 Å². The second-order valence-corrected chi connectivity index (χ2v) is 13.1. The van der Waals surface area contributed by atoms with Crippen LogP contribution in [0, 0.1) is 28.5 Å². The van der Waals surface area contributed by atoms with E-state index in [-0.39, 0.29) is 17.2 Å². The number of H-pyrrole nitrogens is 1. The van der Waals surface area contributed by atoms with Gasteiger partial charge in [0, 0.05) is 35.0 Å². The Morgan fingerprint density at radius 3 is 2.67 bits per heavy atom. The van der Waals surface area contributed by atoms with E-state index < -0.39 is 17.5 Å². The molecule has 0 unspecified atom stereocenters. The van der Waals surface area contributed by atoms with Crippen molar-refractivity contribution >= 4 is 17.5 Å². The Balaban J connectivity index is 1.07. The lowest BCUT2D eigenvalue weighted by Crippen LogP contribution is -2.32. The fourth-order valence-electron chi connectivity index (χ4n) is 6.73. The highest BCUT2D eigenvalue weighted by Crippen LogP contribution is 2.51. The molecule has 1 amide bonds. The molecule has 1 aliphatic heterocycles. The SMILES string of the molecule is C[C@]1(c2ccc(Cl)cc2F)Oc2cccc(C3CCC(Cc4ncc(-c5n[nH]c(C(N)=O)n5)cc4CC4(C#N)CC4)CC3)c2O1. The number of ether oxygens (including phenoxy) is 2. The molecule has 3 aliphatic rings. The van der Waals surface area contributed by atoms with Gasteiger partial charge in [-0.2, -0.15) is 10.4 Å². The minimum atomic E-state index is -1.28. The second-order valence-electron chi connectivity index (χ2n) is 12.6. The molecule has 3 heterocycles. The molecule has 7 rings (SSSR count). The lowest BCUT2D eigenvalue weighted by Gasteiger charge is -2.30. The lowest BCUT2D eigenvalue weighted by molar-refractivity contribution is -0.0711. The van der Waals surface area contributed by atoms with Crippen molar-refractivity contribution in [2.24, 2.45) is 17.1 Å². The van der Waals surface area contributed by atoms with Gasteiger partial charge in [-0.25, -0.2) is 9.37 Å². The van der Waals surface area contributed by atoms with Crippen LogP contribution in [0.1, 0.15) is 84.4 Å². The number of para-hydroxylation sites is 1. The molecule has 3 N–H and O–H groups in total. The molecule has 0 bridgehead atoms. The molecular formula is C34H32ClFN6O3. The Kier molecular flexibility index (Phi) is 7.24. The van der Waals surface area contributed by atoms with Crippen LogP contribution in [0.15, 0.2) is 48.7 Å². The third-order valence-corrected chi connectivity index (χ3v) is 9.69. The Hall–Kier alpha value is -4.49. The summed E-state index contributed by atoms with van der Waals surface area (Å²) in [6.07, 6.45) is 8.88. The summed E-state index contributed by atoms with van der Waals surface area (Å²) in [4.78, 5) is 20.5. The van der Waals surface area contributed by atoms with Gasteiger partial charge >= 0.3 is 0 Å². The van der Waals surface area contributed by atoms with E-state index in [4.69, 9.17) is 31.8 Å². The maximum absolute atomic E-state index is 14.8. The van der Waals surface area contributed by atoms with Crippen molar-refractivity contribution in [2.75, 3.05) is 0 Å². The average molecular weight is 627 g/mol. The van der Waals surface area contributed by atoms with Crippen LogP contribution in [-0.2, 0) is 18.6 Å². The molecule has 230 valence electrons. The van der Waals surface area contributed by atoms with Gasteiger partial charge < -0.3 is 15.2 Å². The number of nitriles is 1. The number of amides is 1. The maximum Gasteiger partial charge on any atom is 0.286 e. The van der Waals surface area contributed by atoms with Crippen LogP contribution in [0.2, 0.25) is 5.02 Å². The van der Waals surface area contributed by atoms with Gasteiger partial charge in [-0.1, -0.05) is 23.7 Å². The smallest absolute Gasteiger partial charge is 0.286 e. The molecule has 2 saturated carbocycles. The van der Waals surface area contributed by atoms with Gasteiger partial charge in [0.05, 0.1) is 17.0 Å². The summed E-state index contributed by atoms with van der Waals surface area (Å²) < 4.78 is 27.4. The number of carbonyl (C=O) groups is 1. The predicted molar refractivity (Wildman–Crippen MR) is 164 cm³/mol. The molecule has 1 atom stereocenters. The topological polar surface area (TPSA) is 140 Å². The number of pyridine rings is 1. The monoisotopic (exact) mass is 626 g/mol. The summed E-state index contributed by atoms with van der Waals surface area (Å²) >= 11 is 5.98. The van der Waals surface area contributed by atoms with Gasteiger partial charge in [0.2, 0.25) is 5.82 Å². The summed E-state index contributed by atoms with van der Waals surface area (Å²) in [7, 11) is 0. The zero-order chi connectivity index (χ0) is 31.3. The van der Waals surface area contributed by atoms with Crippen molar-refractivity contribution < 1.29 is 18.7 Å². The van der Waals surface area contributed by atoms with Gasteiger partial charge in [0.25, 0.3) is 11.7 Å². The highest BCUT2D eigenvalue weighted by molar-refractivity contribution is 6.30. The molecule has 11 heteroatoms. The Morgan fingerprint density at radius 1 is 1.18 bits per heavy atom. The van der Waals surface area contributed by atoms with Crippen molar-refractivity contribution in [1.82, 2.24) is 20.2 Å². The molecule has 2 aromatic carbocycles. The Bertz CT molecular complexity index is 1840. The van der Waals surface area contributed by atoms with Gasteiger partial charge in [0.15, 0.2) is 17.3 Å². The van der Waals surface area contributed by atoms with Crippen LogP contribution < -0.4 is 15.2 Å². The van der Waals surface area contributed by atoms with Gasteiger partial charge in [-0.05, 0) is 99.1 Å². The first-order valence-electron chi connectivity index (χ1n) is 15.2. The van der Waals surface area contributed by atoms with Crippen LogP contribution in [-0.4, -0.2) is 26.1 Å². The number of nitrogens with zero attached hydrogens (tertiary/aromatic N) is 4. The molecule has 4 aromatic rings. The number of rotatable bonds is 8. The molecule has 45 heavy (non-hydrogen) atoms. The zero-order valence-electron chi connectivity index (χ0n) is 24.8. The summed E-state index contributed by atoms with van der Waals surface area (Å²) in [5, 5.41) is 16.8. The molecule has 9 nitrogen and oxygen atoms in total. The first kappa shape index (κ1) is 29.2. The molecule has 0 saturated heterocycles. The number of carbonyl (C=O) groups excluding carboxylic acids is 1. The maximum atomic E-state index is 14.8. The summed E-state index contributed by atoms with van der Waals surface area (Å²) in [5.41, 5.74) is 9.08. The van der Waals surface area contributed by atoms with Crippen LogP contribution in [0.3, 0.4) is 0 Å². The predicted octanol–water partition coefficient (Wildman–Crippen LogP) is 6.76. The largest absolute Gasteiger partial charge is 0.444 e. The van der Waals surface area contributed by atoms with E-state index >= 15 is 0 Å². The van der Waals surface area contributed by atoms with E-state index in [2.05, 4.69) is 27.3 Å². The lowest BCUT2D eigenvalue weighted by atomic mass is 9.76. The van der Waals surface area contributed by atoms with Crippen molar-refractivity contribution in [2.45, 2.75) is 70.0 Å². The van der Waals surface area contributed by atoms with Crippen molar-refractivity contribution in [3.05, 3.63) is 87.7 Å². The van der Waals surface area contributed by atoms with Crippen molar-refractivity contribution in [3.8, 4) is 29.0 Å². The fraction of sp³-hybridized carbons (Fsp3) is 0.382. The van der Waals surface area contributed by atoms with E-state index in [1.54, 1.807) is 25.3 Å². The summed E-state index contributed by atoms with van der Waals surface area (Å²) in [5.74, 6) is -0.0920. The number of hydrogen-bond donors (Lipinski definition) is 2. The molecule has 0 spiro atoms. The van der Waals surface area contributed by atoms with Crippen LogP contribution in [0.25, 0.3) is 11.4 Å². The van der Waals surface area contributed by atoms with E-state index in [9.17, 15) is 14.4 Å². The summed E-state index contributed by atoms with van der Waals surface area (Å²) in [6, 6.07) is 14.9. The first-order valence-corrected chi connectivity index (χ1v) is 15.6. The molecule has 2 fully saturated rings. The van der Waals surface area contributed by atoms with E-state index in [1.165, 1.54) is 6.07 Å². The fourth-order valence-corrected chi connectivity index (χ4v) is 6.89. The number of nitrogens with one attached hydrogen (secondary N) is 1. The zero-order valence-corrected chi connectivity index (χ0v) is 25.5. The minimum Gasteiger partial charge on any atom is -0.444 e. The number of aromatic amines is 1. The van der Waals surface area contributed by atoms with Crippen LogP contribution >= 0.6 is 11.6 Å². The highest BCUT2D eigenvalue weighted by Gasteiger charge is 2.44. The van der Waals surface area contributed by atoms with Crippen molar-refractivity contribution in [1.29, 1.82) is 5.26 Å². The van der Waals surface area contributed by atoms with Crippen LogP contribution in [0.4, 0.5) is 4.39 Å². The molecule has 2 aliphatic carbocycles. The first-order chi connectivity index (χ1) is 21.6. The summed E-state index contributed by atoms with van der Waals surface area (Å²) in [6.45, 7) is 1.73. The number of primary amides is 1. The number of nitrogens with two attached hydrogens (primary N) is 1. The third-order valence-electron chi connectivity index (χ3n) is 9.46. The molecule has 2 aromatic heterocycles. The number of aromatic nitrogens is 4. The van der Waals surface area contributed by atoms with Crippen molar-refractivity contribution in [3.63, 3.8) is 0 Å². The van der Waals surface area contributed by atoms with E-state index in [0.717, 1.165) is 61.8 Å². The Morgan fingerprint density at radius 2 is 1.98 bits per heavy atom. The third kappa shape index (κ3) is 5.61. The van der Waals surface area contributed by atoms with E-state index in [0.29, 0.717) is 45.8 Å². The standard InChI is InChI=1S/C34H32ClFN6O3/c1-33(25-10-9-23(35)15-26(25)36)44-28-4-2-3-24(29(28)45-33)20-7-5-19(6-8-20)13-27-21(16-34(18-37)11-12-34)14-22(17-39-27)31-40-32(30(38)43)42-41-31/h2-4,9-10,14-15,17,19-20H,5-8,11-13,16H2,1H3,(H2,38,43)(H,40,41,42)/t19?,20?,33-/m0/s1. The number of benzene rings is 2. The number of fused-ring (bicyclic) bond motifs is 1. The van der Waals surface area contributed by atoms with Gasteiger partial charge in [-0.15, -0.1) is 0 Å². The quantitative estimate of drug-likeness (QED) is 0.220. The van der Waals surface area contributed by atoms with Gasteiger partial charge in [-0.3, -0.25) is 14.9 Å². The average Bonchev–Trinajstić information content (AvgIpc) is 3.44. The van der Waals surface area contributed by atoms with Gasteiger partial charge in [0.1, 0.15) is 5.82 Å². The Labute approximate surface area is 264 Å². The second kappa shape index (κ2) is 11.1. The molecule has 0 radical (unpaired) electrons. The normalized spacial score (nSPS) is 23.0. The van der Waals surface area contributed by atoms with Crippen LogP contribution in [0.5, 0.6) is 11.5 Å². The highest BCUT2D eigenvalue weighted by atomic mass is 35.5.